The number of ether oxygens (including phenoxy) is 2. The van der Waals surface area contributed by atoms with Gasteiger partial charge in [0.2, 0.25) is 5.78 Å². The summed E-state index contributed by atoms with van der Waals surface area (Å²) in [7, 11) is 0. The minimum Gasteiger partial charge on any atom is -0.307 e. The third-order valence-electron chi connectivity index (χ3n) is 4.21. The van der Waals surface area contributed by atoms with Crippen LogP contribution in [0.1, 0.15) is 10.4 Å². The maximum atomic E-state index is 12.7. The predicted molar refractivity (Wildman–Crippen MR) is 100 cm³/mol. The Hall–Kier alpha value is -2.27. The van der Waals surface area contributed by atoms with Gasteiger partial charge in [0, 0.05) is 5.56 Å². The van der Waals surface area contributed by atoms with Crippen molar-refractivity contribution in [1.29, 1.82) is 0 Å². The van der Waals surface area contributed by atoms with Crippen LogP contribution in [0.25, 0.3) is 22.3 Å². The second-order valence-electron chi connectivity index (χ2n) is 5.76. The molecular formula is C21H15BrO3. The van der Waals surface area contributed by atoms with Crippen molar-refractivity contribution in [3.05, 3.63) is 84.4 Å². The summed E-state index contributed by atoms with van der Waals surface area (Å²) >= 11 is 3.22. The highest BCUT2D eigenvalue weighted by atomic mass is 79.9. The molecule has 3 aromatic rings. The molecular weight excluding hydrogens is 380 g/mol. The van der Waals surface area contributed by atoms with Crippen LogP contribution in [0.15, 0.2) is 78.9 Å². The van der Waals surface area contributed by atoms with E-state index in [2.05, 4.69) is 28.1 Å². The average Bonchev–Trinajstić information content (AvgIpc) is 2.66. The first-order chi connectivity index (χ1) is 12.2. The summed E-state index contributed by atoms with van der Waals surface area (Å²) in [6, 6.07) is 25.8. The number of halogens is 1. The molecule has 0 saturated carbocycles. The van der Waals surface area contributed by atoms with E-state index < -0.39 is 4.70 Å². The van der Waals surface area contributed by atoms with Crippen LogP contribution in [0.3, 0.4) is 0 Å². The molecule has 1 fully saturated rings. The predicted octanol–water partition coefficient (Wildman–Crippen LogP) is 5.26. The van der Waals surface area contributed by atoms with E-state index in [4.69, 9.17) is 9.47 Å². The minimum absolute atomic E-state index is 0.116. The summed E-state index contributed by atoms with van der Waals surface area (Å²) in [5.74, 6) is -0.240. The van der Waals surface area contributed by atoms with E-state index in [-0.39, 0.29) is 12.6 Å². The van der Waals surface area contributed by atoms with Gasteiger partial charge < -0.3 is 9.47 Å². The Balaban J connectivity index is 1.85. The van der Waals surface area contributed by atoms with Gasteiger partial charge in [-0.05, 0) is 44.3 Å². The van der Waals surface area contributed by atoms with Gasteiger partial charge in [-0.3, -0.25) is 4.79 Å². The van der Waals surface area contributed by atoms with Crippen LogP contribution in [0.2, 0.25) is 0 Å². The van der Waals surface area contributed by atoms with Gasteiger partial charge in [-0.25, -0.2) is 0 Å². The third kappa shape index (κ3) is 3.04. The lowest BCUT2D eigenvalue weighted by atomic mass is 9.92. The van der Waals surface area contributed by atoms with Crippen LogP contribution in [-0.2, 0) is 9.47 Å². The Morgan fingerprint density at radius 3 is 1.88 bits per heavy atom. The number of carbonyl (C=O) groups is 1. The molecule has 0 unspecified atom stereocenters. The molecule has 124 valence electrons. The van der Waals surface area contributed by atoms with Crippen molar-refractivity contribution in [2.45, 2.75) is 4.70 Å². The number of alkyl halides is 1. The van der Waals surface area contributed by atoms with Gasteiger partial charge in [0.1, 0.15) is 0 Å². The molecule has 1 aliphatic rings. The minimum atomic E-state index is -1.35. The Kier molecular flexibility index (Phi) is 4.25. The summed E-state index contributed by atoms with van der Waals surface area (Å²) in [4.78, 5) is 12.7. The Labute approximate surface area is 154 Å². The quantitative estimate of drug-likeness (QED) is 0.447. The molecule has 25 heavy (non-hydrogen) atoms. The molecule has 0 aromatic heterocycles. The number of Topliss-reactive ketones (excluding diaryl/α,β-unsaturated/α-hetero) is 1. The molecule has 0 spiro atoms. The van der Waals surface area contributed by atoms with Gasteiger partial charge >= 0.3 is 0 Å². The van der Waals surface area contributed by atoms with Crippen LogP contribution in [0.5, 0.6) is 0 Å². The zero-order chi connectivity index (χ0) is 17.3. The zero-order valence-corrected chi connectivity index (χ0v) is 14.9. The molecule has 4 rings (SSSR count). The highest BCUT2D eigenvalue weighted by molar-refractivity contribution is 9.10. The van der Waals surface area contributed by atoms with Gasteiger partial charge in [0.15, 0.2) is 6.79 Å². The largest absolute Gasteiger partial charge is 0.307 e. The molecule has 3 aromatic carbocycles. The number of carbonyl (C=O) groups excluding carboxylic acids is 1. The third-order valence-corrected chi connectivity index (χ3v) is 5.03. The van der Waals surface area contributed by atoms with Crippen molar-refractivity contribution in [1.82, 2.24) is 0 Å². The normalized spacial score (nSPS) is 15.4. The van der Waals surface area contributed by atoms with E-state index in [0.717, 1.165) is 22.3 Å². The molecule has 0 bridgehead atoms. The van der Waals surface area contributed by atoms with Crippen molar-refractivity contribution in [2.75, 3.05) is 6.79 Å². The Morgan fingerprint density at radius 2 is 1.36 bits per heavy atom. The number of rotatable bonds is 4. The van der Waals surface area contributed by atoms with Gasteiger partial charge in [0.25, 0.3) is 4.70 Å². The smallest absolute Gasteiger partial charge is 0.296 e. The highest BCUT2D eigenvalue weighted by Crippen LogP contribution is 2.37. The van der Waals surface area contributed by atoms with Gasteiger partial charge in [0.05, 0.1) is 0 Å². The summed E-state index contributed by atoms with van der Waals surface area (Å²) in [6.07, 6.45) is 0. The van der Waals surface area contributed by atoms with E-state index in [0.29, 0.717) is 5.56 Å². The highest BCUT2D eigenvalue weighted by Gasteiger charge is 2.45. The number of ketones is 1. The molecule has 0 N–H and O–H groups in total. The molecule has 0 amide bonds. The van der Waals surface area contributed by atoms with Crippen molar-refractivity contribution in [2.24, 2.45) is 0 Å². The first-order valence-electron chi connectivity index (χ1n) is 7.94. The lowest BCUT2D eigenvalue weighted by Crippen LogP contribution is -2.48. The van der Waals surface area contributed by atoms with Crippen LogP contribution in [0.4, 0.5) is 0 Å². The van der Waals surface area contributed by atoms with E-state index >= 15 is 0 Å². The van der Waals surface area contributed by atoms with Crippen molar-refractivity contribution < 1.29 is 14.3 Å². The maximum Gasteiger partial charge on any atom is 0.296 e. The fourth-order valence-electron chi connectivity index (χ4n) is 2.88. The molecule has 4 heteroatoms. The Morgan fingerprint density at radius 1 is 0.800 bits per heavy atom. The van der Waals surface area contributed by atoms with Crippen LogP contribution in [0, 0.1) is 0 Å². The molecule has 0 atom stereocenters. The first kappa shape index (κ1) is 16.2. The monoisotopic (exact) mass is 394 g/mol. The second kappa shape index (κ2) is 6.56. The molecule has 1 saturated heterocycles. The summed E-state index contributed by atoms with van der Waals surface area (Å²) in [5.41, 5.74) is 4.76. The summed E-state index contributed by atoms with van der Waals surface area (Å²) in [5, 5.41) is 0. The number of hydrogen-bond donors (Lipinski definition) is 0. The van der Waals surface area contributed by atoms with Gasteiger partial charge in [-0.15, -0.1) is 0 Å². The van der Waals surface area contributed by atoms with E-state index in [9.17, 15) is 4.79 Å². The van der Waals surface area contributed by atoms with Crippen molar-refractivity contribution >= 4 is 21.7 Å². The van der Waals surface area contributed by atoms with E-state index in [1.54, 1.807) is 0 Å². The standard InChI is InChI=1S/C21H15BrO3/c22-21(24-14-25-21)20(23)17-11-12-18(15-7-3-1-4-8-15)19(13-17)16-9-5-2-6-10-16/h1-13H,14H2. The molecule has 0 radical (unpaired) electrons. The van der Waals surface area contributed by atoms with Crippen LogP contribution < -0.4 is 0 Å². The van der Waals surface area contributed by atoms with Crippen LogP contribution in [-0.4, -0.2) is 17.3 Å². The Bertz CT molecular complexity index is 903. The average molecular weight is 395 g/mol. The second-order valence-corrected chi connectivity index (χ2v) is 6.81. The SMILES string of the molecule is O=C(c1ccc(-c2ccccc2)c(-c2ccccc2)c1)C1(Br)OCO1. The zero-order valence-electron chi connectivity index (χ0n) is 13.3. The lowest BCUT2D eigenvalue weighted by molar-refractivity contribution is -0.310. The van der Waals surface area contributed by atoms with Crippen molar-refractivity contribution in [3.8, 4) is 22.3 Å². The topological polar surface area (TPSA) is 35.5 Å². The molecule has 1 heterocycles. The first-order valence-corrected chi connectivity index (χ1v) is 8.73. The molecule has 1 aliphatic heterocycles. The lowest BCUT2D eigenvalue weighted by Gasteiger charge is -2.34. The van der Waals surface area contributed by atoms with E-state index in [1.807, 2.05) is 66.7 Å². The number of hydrogen-bond acceptors (Lipinski definition) is 3. The fraction of sp³-hybridized carbons (Fsp3) is 0.0952. The molecule has 3 nitrogen and oxygen atoms in total. The maximum absolute atomic E-state index is 12.7. The fourth-order valence-corrected chi connectivity index (χ4v) is 3.29. The van der Waals surface area contributed by atoms with Crippen LogP contribution >= 0.6 is 15.9 Å². The number of benzene rings is 3. The van der Waals surface area contributed by atoms with Gasteiger partial charge in [-0.2, -0.15) is 0 Å². The van der Waals surface area contributed by atoms with Crippen molar-refractivity contribution in [3.63, 3.8) is 0 Å². The van der Waals surface area contributed by atoms with E-state index in [1.165, 1.54) is 0 Å². The summed E-state index contributed by atoms with van der Waals surface area (Å²) < 4.78 is 9.13. The van der Waals surface area contributed by atoms with Gasteiger partial charge in [-0.1, -0.05) is 72.8 Å². The molecule has 0 aliphatic carbocycles. The summed E-state index contributed by atoms with van der Waals surface area (Å²) in [6.45, 7) is 0.116.